The number of aromatic amines is 1. The number of nitrogens with two attached hydrogens (primary N) is 1. The van der Waals surface area contributed by atoms with Crippen molar-refractivity contribution in [1.29, 1.82) is 0 Å². The summed E-state index contributed by atoms with van der Waals surface area (Å²) >= 11 is 1.50. The molecule has 0 radical (unpaired) electrons. The van der Waals surface area contributed by atoms with Crippen LogP contribution in [0, 0.1) is 5.92 Å². The van der Waals surface area contributed by atoms with Crippen LogP contribution in [0.5, 0.6) is 0 Å². The molecular formula is C16H27N5O4S. The van der Waals surface area contributed by atoms with E-state index in [1.807, 2.05) is 6.26 Å². The molecule has 1 aromatic heterocycles. The lowest BCUT2D eigenvalue weighted by atomic mass is 10.0. The molecule has 0 spiro atoms. The summed E-state index contributed by atoms with van der Waals surface area (Å²) in [4.78, 5) is 42.8. The van der Waals surface area contributed by atoms with Gasteiger partial charge in [0.25, 0.3) is 0 Å². The Hall–Kier alpha value is -2.07. The summed E-state index contributed by atoms with van der Waals surface area (Å²) in [6.07, 6.45) is 5.48. The molecule has 26 heavy (non-hydrogen) atoms. The van der Waals surface area contributed by atoms with Crippen molar-refractivity contribution in [2.24, 2.45) is 11.7 Å². The first-order chi connectivity index (χ1) is 12.3. The van der Waals surface area contributed by atoms with Gasteiger partial charge in [0.15, 0.2) is 0 Å². The van der Waals surface area contributed by atoms with Crippen molar-refractivity contribution in [3.63, 3.8) is 0 Å². The lowest BCUT2D eigenvalue weighted by Crippen LogP contribution is -2.56. The molecule has 0 aliphatic carbocycles. The van der Waals surface area contributed by atoms with Gasteiger partial charge >= 0.3 is 5.97 Å². The second-order valence-corrected chi connectivity index (χ2v) is 7.28. The number of hydrogen-bond acceptors (Lipinski definition) is 6. The van der Waals surface area contributed by atoms with Crippen LogP contribution in [0.2, 0.25) is 0 Å². The highest BCUT2D eigenvalue weighted by atomic mass is 32.2. The van der Waals surface area contributed by atoms with Crippen molar-refractivity contribution in [3.05, 3.63) is 18.2 Å². The number of H-pyrrole nitrogens is 1. The predicted molar refractivity (Wildman–Crippen MR) is 99.6 cm³/mol. The van der Waals surface area contributed by atoms with E-state index >= 15 is 0 Å². The summed E-state index contributed by atoms with van der Waals surface area (Å²) in [6.45, 7) is 3.53. The van der Waals surface area contributed by atoms with E-state index in [9.17, 15) is 19.5 Å². The molecule has 0 fully saturated rings. The van der Waals surface area contributed by atoms with Crippen molar-refractivity contribution in [2.75, 3.05) is 12.0 Å². The van der Waals surface area contributed by atoms with Crippen LogP contribution in [0.4, 0.5) is 0 Å². The third kappa shape index (κ3) is 7.04. The smallest absolute Gasteiger partial charge is 0.326 e. The fraction of sp³-hybridized carbons (Fsp3) is 0.625. The Morgan fingerprint density at radius 2 is 2.00 bits per heavy atom. The number of carboxylic acids is 1. The monoisotopic (exact) mass is 385 g/mol. The normalized spacial score (nSPS) is 14.5. The Morgan fingerprint density at radius 1 is 1.31 bits per heavy atom. The minimum atomic E-state index is -1.10. The average Bonchev–Trinajstić information content (AvgIpc) is 3.08. The Morgan fingerprint density at radius 3 is 2.50 bits per heavy atom. The van der Waals surface area contributed by atoms with Gasteiger partial charge in [-0.3, -0.25) is 9.59 Å². The zero-order valence-corrected chi connectivity index (χ0v) is 16.0. The first-order valence-electron chi connectivity index (χ1n) is 8.31. The van der Waals surface area contributed by atoms with Crippen LogP contribution in [0.25, 0.3) is 0 Å². The van der Waals surface area contributed by atoms with Crippen molar-refractivity contribution in [2.45, 2.75) is 44.8 Å². The van der Waals surface area contributed by atoms with E-state index in [1.165, 1.54) is 18.1 Å². The molecule has 0 aliphatic heterocycles. The largest absolute Gasteiger partial charge is 0.480 e. The van der Waals surface area contributed by atoms with E-state index < -0.39 is 35.9 Å². The van der Waals surface area contributed by atoms with Crippen molar-refractivity contribution >= 4 is 29.5 Å². The summed E-state index contributed by atoms with van der Waals surface area (Å²) in [6, 6.07) is -2.71. The van der Waals surface area contributed by atoms with Crippen LogP contribution in [0.3, 0.4) is 0 Å². The standard InChI is InChI=1S/C16H27N5O4S/c1-9(2)13(15(23)20-12(16(24)25)4-5-26-3)21-14(22)11(17)6-10-7-18-8-19-10/h7-9,11-13H,4-6,17H2,1-3H3,(H,18,19)(H,20,23)(H,21,22)(H,24,25). The minimum absolute atomic E-state index is 0.228. The number of nitrogens with zero attached hydrogens (tertiary/aromatic N) is 1. The van der Waals surface area contributed by atoms with E-state index in [-0.39, 0.29) is 12.3 Å². The van der Waals surface area contributed by atoms with Gasteiger partial charge in [-0.25, -0.2) is 9.78 Å². The molecule has 10 heteroatoms. The number of aliphatic carboxylic acids is 1. The Kier molecular flexibility index (Phi) is 9.14. The van der Waals surface area contributed by atoms with Gasteiger partial charge in [-0.2, -0.15) is 11.8 Å². The van der Waals surface area contributed by atoms with Crippen LogP contribution in [-0.2, 0) is 20.8 Å². The number of nitrogens with one attached hydrogen (secondary N) is 3. The molecule has 3 atom stereocenters. The van der Waals surface area contributed by atoms with Gasteiger partial charge in [-0.15, -0.1) is 0 Å². The Labute approximate surface area is 156 Å². The third-order valence-electron chi connectivity index (χ3n) is 3.80. The van der Waals surface area contributed by atoms with E-state index in [4.69, 9.17) is 5.73 Å². The minimum Gasteiger partial charge on any atom is -0.480 e. The molecular weight excluding hydrogens is 358 g/mol. The number of carboxylic acid groups (broad SMARTS) is 1. The van der Waals surface area contributed by atoms with Crippen LogP contribution in [-0.4, -0.2) is 63.0 Å². The number of rotatable bonds is 11. The topological polar surface area (TPSA) is 150 Å². The summed E-state index contributed by atoms with van der Waals surface area (Å²) in [5, 5.41) is 14.4. The Bertz CT molecular complexity index is 593. The lowest BCUT2D eigenvalue weighted by Gasteiger charge is -2.25. The number of aromatic nitrogens is 2. The highest BCUT2D eigenvalue weighted by Crippen LogP contribution is 2.06. The van der Waals surface area contributed by atoms with Crippen molar-refractivity contribution in [3.8, 4) is 0 Å². The van der Waals surface area contributed by atoms with Gasteiger partial charge in [-0.05, 0) is 24.3 Å². The summed E-state index contributed by atoms with van der Waals surface area (Å²) in [5.41, 5.74) is 6.59. The van der Waals surface area contributed by atoms with Crippen molar-refractivity contribution in [1.82, 2.24) is 20.6 Å². The number of carbonyl (C=O) groups excluding carboxylic acids is 2. The highest BCUT2D eigenvalue weighted by molar-refractivity contribution is 7.98. The van der Waals surface area contributed by atoms with E-state index in [2.05, 4.69) is 20.6 Å². The van der Waals surface area contributed by atoms with Crippen LogP contribution in [0.1, 0.15) is 26.0 Å². The second kappa shape index (κ2) is 10.8. The van der Waals surface area contributed by atoms with E-state index in [0.717, 1.165) is 0 Å². The van der Waals surface area contributed by atoms with Gasteiger partial charge in [0.1, 0.15) is 12.1 Å². The number of carbonyl (C=O) groups is 3. The van der Waals surface area contributed by atoms with E-state index in [0.29, 0.717) is 17.9 Å². The maximum Gasteiger partial charge on any atom is 0.326 e. The molecule has 1 rings (SSSR count). The quantitative estimate of drug-likeness (QED) is 0.352. The molecule has 0 saturated carbocycles. The molecule has 2 amide bonds. The van der Waals surface area contributed by atoms with E-state index in [1.54, 1.807) is 20.0 Å². The first kappa shape index (κ1) is 22.0. The molecule has 9 nitrogen and oxygen atoms in total. The average molecular weight is 385 g/mol. The summed E-state index contributed by atoms with van der Waals surface area (Å²) in [7, 11) is 0. The Balaban J connectivity index is 2.69. The van der Waals surface area contributed by atoms with Crippen LogP contribution >= 0.6 is 11.8 Å². The second-order valence-electron chi connectivity index (χ2n) is 6.30. The van der Waals surface area contributed by atoms with Crippen LogP contribution in [0.15, 0.2) is 12.5 Å². The molecule has 0 aliphatic rings. The maximum atomic E-state index is 12.5. The predicted octanol–water partition coefficient (Wildman–Crippen LogP) is -0.257. The molecule has 146 valence electrons. The lowest BCUT2D eigenvalue weighted by molar-refractivity contribution is -0.142. The first-order valence-corrected chi connectivity index (χ1v) is 9.71. The fourth-order valence-corrected chi connectivity index (χ4v) is 2.75. The molecule has 6 N–H and O–H groups in total. The molecule has 1 aromatic rings. The van der Waals surface area contributed by atoms with Gasteiger partial charge in [-0.1, -0.05) is 13.8 Å². The zero-order valence-electron chi connectivity index (χ0n) is 15.2. The zero-order chi connectivity index (χ0) is 19.7. The number of thioether (sulfide) groups is 1. The molecule has 1 heterocycles. The SMILES string of the molecule is CSCCC(NC(=O)C(NC(=O)C(N)Cc1cnc[nH]1)C(C)C)C(=O)O. The molecule has 0 saturated heterocycles. The molecule has 0 aromatic carbocycles. The molecule has 0 bridgehead atoms. The number of amides is 2. The fourth-order valence-electron chi connectivity index (χ4n) is 2.28. The van der Waals surface area contributed by atoms with Gasteiger partial charge in [0.2, 0.25) is 11.8 Å². The summed E-state index contributed by atoms with van der Waals surface area (Å²) in [5.74, 6) is -1.74. The van der Waals surface area contributed by atoms with Gasteiger partial charge in [0, 0.05) is 18.3 Å². The van der Waals surface area contributed by atoms with Gasteiger partial charge < -0.3 is 26.5 Å². The summed E-state index contributed by atoms with van der Waals surface area (Å²) < 4.78 is 0. The van der Waals surface area contributed by atoms with Crippen LogP contribution < -0.4 is 16.4 Å². The maximum absolute atomic E-state index is 12.5. The van der Waals surface area contributed by atoms with Crippen molar-refractivity contribution < 1.29 is 19.5 Å². The number of hydrogen-bond donors (Lipinski definition) is 5. The highest BCUT2D eigenvalue weighted by Gasteiger charge is 2.29. The number of imidazole rings is 1. The van der Waals surface area contributed by atoms with Gasteiger partial charge in [0.05, 0.1) is 12.4 Å². The third-order valence-corrected chi connectivity index (χ3v) is 4.45. The molecule has 3 unspecified atom stereocenters.